The van der Waals surface area contributed by atoms with Crippen LogP contribution in [-0.2, 0) is 9.59 Å². The number of allylic oxidation sites excluding steroid dienone is 1. The van der Waals surface area contributed by atoms with Crippen LogP contribution in [0.2, 0.25) is 0 Å². The van der Waals surface area contributed by atoms with Crippen LogP contribution in [0.15, 0.2) is 16.8 Å². The quantitative estimate of drug-likeness (QED) is 0.506. The minimum atomic E-state index is -1.08. The molecule has 0 saturated heterocycles. The molecule has 4 heteroatoms. The molecule has 0 amide bonds. The molecule has 0 fully saturated rings. The van der Waals surface area contributed by atoms with Crippen molar-refractivity contribution >= 4 is 17.5 Å². The van der Waals surface area contributed by atoms with Gasteiger partial charge in [-0.2, -0.15) is 0 Å². The van der Waals surface area contributed by atoms with E-state index in [9.17, 15) is 9.59 Å². The van der Waals surface area contributed by atoms with E-state index in [-0.39, 0.29) is 11.5 Å². The van der Waals surface area contributed by atoms with E-state index in [0.717, 1.165) is 0 Å². The maximum atomic E-state index is 10.6. The third kappa shape index (κ3) is 3.65. The van der Waals surface area contributed by atoms with Gasteiger partial charge in [0.05, 0.1) is 0 Å². The lowest BCUT2D eigenvalue weighted by Crippen LogP contribution is -2.07. The number of nitrogens with zero attached hydrogens (tertiary/aromatic N) is 1. The van der Waals surface area contributed by atoms with Crippen molar-refractivity contribution in [2.45, 2.75) is 20.8 Å². The molecule has 0 unspecified atom stereocenters. The molecule has 0 saturated carbocycles. The number of hydrogen-bond donors (Lipinski definition) is 1. The van der Waals surface area contributed by atoms with Gasteiger partial charge >= 0.3 is 5.97 Å². The van der Waals surface area contributed by atoms with Gasteiger partial charge in [-0.05, 0) is 20.8 Å². The molecule has 12 heavy (non-hydrogen) atoms. The topological polar surface area (TPSA) is 66.7 Å². The molecule has 0 aliphatic carbocycles. The molecule has 0 spiro atoms. The Bertz CT molecular complexity index is 235. The largest absolute Gasteiger partial charge is 0.477 e. The van der Waals surface area contributed by atoms with Gasteiger partial charge in [-0.25, -0.2) is 4.79 Å². The summed E-state index contributed by atoms with van der Waals surface area (Å²) in [5.41, 5.74) is 0.409. The Morgan fingerprint density at radius 3 is 2.08 bits per heavy atom. The zero-order valence-electron chi connectivity index (χ0n) is 7.29. The van der Waals surface area contributed by atoms with Gasteiger partial charge in [-0.15, -0.1) is 0 Å². The Morgan fingerprint density at radius 1 is 1.25 bits per heavy atom. The number of rotatable bonds is 3. The minimum Gasteiger partial charge on any atom is -0.477 e. The standard InChI is InChI=1S/C8H11NO3/c1-5(7(3)10)4-9-6(2)8(11)12/h4H,1-3H3,(H,11,12)/b5-4+,9-6+. The summed E-state index contributed by atoms with van der Waals surface area (Å²) in [5, 5.41) is 8.39. The molecule has 0 aromatic heterocycles. The molecule has 0 bridgehead atoms. The molecule has 66 valence electrons. The first-order valence-corrected chi connectivity index (χ1v) is 3.40. The van der Waals surface area contributed by atoms with Crippen molar-refractivity contribution in [3.8, 4) is 0 Å². The molecule has 0 radical (unpaired) electrons. The van der Waals surface area contributed by atoms with Gasteiger partial charge in [0.2, 0.25) is 0 Å². The van der Waals surface area contributed by atoms with Crippen molar-refractivity contribution < 1.29 is 14.7 Å². The van der Waals surface area contributed by atoms with Gasteiger partial charge in [0.15, 0.2) is 5.78 Å². The molecular formula is C8H11NO3. The highest BCUT2D eigenvalue weighted by Crippen LogP contribution is 1.94. The van der Waals surface area contributed by atoms with Crippen molar-refractivity contribution in [2.24, 2.45) is 4.99 Å². The lowest BCUT2D eigenvalue weighted by atomic mass is 10.2. The lowest BCUT2D eigenvalue weighted by molar-refractivity contribution is -0.129. The van der Waals surface area contributed by atoms with E-state index < -0.39 is 5.97 Å². The second-order valence-corrected chi connectivity index (χ2v) is 2.39. The van der Waals surface area contributed by atoms with Gasteiger partial charge < -0.3 is 5.11 Å². The lowest BCUT2D eigenvalue weighted by Gasteiger charge is -1.91. The number of carbonyl (C=O) groups excluding carboxylic acids is 1. The van der Waals surface area contributed by atoms with Gasteiger partial charge in [0.1, 0.15) is 5.71 Å². The smallest absolute Gasteiger partial charge is 0.349 e. The second-order valence-electron chi connectivity index (χ2n) is 2.39. The fourth-order valence-corrected chi connectivity index (χ4v) is 0.340. The molecule has 0 aliphatic heterocycles. The van der Waals surface area contributed by atoms with Crippen LogP contribution in [0.3, 0.4) is 0 Å². The van der Waals surface area contributed by atoms with E-state index in [1.807, 2.05) is 0 Å². The van der Waals surface area contributed by atoms with Crippen molar-refractivity contribution in [2.75, 3.05) is 0 Å². The monoisotopic (exact) mass is 169 g/mol. The predicted molar refractivity (Wildman–Crippen MR) is 45.2 cm³/mol. The average molecular weight is 169 g/mol. The van der Waals surface area contributed by atoms with E-state index in [0.29, 0.717) is 5.57 Å². The van der Waals surface area contributed by atoms with Crippen LogP contribution < -0.4 is 0 Å². The Hall–Kier alpha value is -1.45. The maximum Gasteiger partial charge on any atom is 0.349 e. The first-order valence-electron chi connectivity index (χ1n) is 3.40. The third-order valence-corrected chi connectivity index (χ3v) is 1.32. The van der Waals surface area contributed by atoms with Crippen molar-refractivity contribution in [3.05, 3.63) is 11.8 Å². The number of carbonyl (C=O) groups is 2. The fraction of sp³-hybridized carbons (Fsp3) is 0.375. The molecule has 0 atom stereocenters. The van der Waals surface area contributed by atoms with E-state index in [4.69, 9.17) is 5.11 Å². The number of carboxylic acids is 1. The fourth-order valence-electron chi connectivity index (χ4n) is 0.340. The maximum absolute atomic E-state index is 10.6. The van der Waals surface area contributed by atoms with Gasteiger partial charge in [0, 0.05) is 11.8 Å². The van der Waals surface area contributed by atoms with Crippen LogP contribution >= 0.6 is 0 Å². The van der Waals surface area contributed by atoms with E-state index in [1.165, 1.54) is 20.0 Å². The molecule has 0 aliphatic rings. The number of hydrogen-bond acceptors (Lipinski definition) is 3. The van der Waals surface area contributed by atoms with Crippen LogP contribution in [0.25, 0.3) is 0 Å². The number of carboxylic acid groups (broad SMARTS) is 1. The Labute approximate surface area is 70.6 Å². The number of ketones is 1. The summed E-state index contributed by atoms with van der Waals surface area (Å²) >= 11 is 0. The van der Waals surface area contributed by atoms with Crippen LogP contribution in [0.5, 0.6) is 0 Å². The Morgan fingerprint density at radius 2 is 1.75 bits per heavy atom. The van der Waals surface area contributed by atoms with E-state index >= 15 is 0 Å². The number of aliphatic carboxylic acids is 1. The highest BCUT2D eigenvalue weighted by Gasteiger charge is 1.99. The van der Waals surface area contributed by atoms with Crippen molar-refractivity contribution in [1.29, 1.82) is 0 Å². The Kier molecular flexibility index (Phi) is 3.90. The van der Waals surface area contributed by atoms with Crippen molar-refractivity contribution in [1.82, 2.24) is 0 Å². The zero-order chi connectivity index (χ0) is 9.72. The minimum absolute atomic E-state index is 0.0319. The predicted octanol–water partition coefficient (Wildman–Crippen LogP) is 1.02. The molecule has 0 aromatic rings. The van der Waals surface area contributed by atoms with E-state index in [2.05, 4.69) is 4.99 Å². The highest BCUT2D eigenvalue weighted by molar-refractivity contribution is 6.34. The average Bonchev–Trinajstić information content (AvgIpc) is 1.98. The highest BCUT2D eigenvalue weighted by atomic mass is 16.4. The SMILES string of the molecule is CC(=O)/C(C)=C/N=C(\C)C(=O)O. The molecular weight excluding hydrogens is 158 g/mol. The van der Waals surface area contributed by atoms with Gasteiger partial charge in [-0.3, -0.25) is 9.79 Å². The van der Waals surface area contributed by atoms with E-state index in [1.54, 1.807) is 6.92 Å². The van der Waals surface area contributed by atoms with Crippen LogP contribution in [0.4, 0.5) is 0 Å². The summed E-state index contributed by atoms with van der Waals surface area (Å²) in [6.45, 7) is 4.35. The Balaban J connectivity index is 4.48. The zero-order valence-corrected chi connectivity index (χ0v) is 7.29. The van der Waals surface area contributed by atoms with Crippen LogP contribution in [0, 0.1) is 0 Å². The summed E-state index contributed by atoms with van der Waals surface area (Å²) in [7, 11) is 0. The third-order valence-electron chi connectivity index (χ3n) is 1.32. The molecule has 4 nitrogen and oxygen atoms in total. The molecule has 0 heterocycles. The molecule has 1 N–H and O–H groups in total. The van der Waals surface area contributed by atoms with Crippen LogP contribution in [-0.4, -0.2) is 22.6 Å². The summed E-state index contributed by atoms with van der Waals surface area (Å²) in [6, 6.07) is 0. The van der Waals surface area contributed by atoms with Crippen molar-refractivity contribution in [3.63, 3.8) is 0 Å². The number of aliphatic imine (C=N–C) groups is 1. The molecule has 0 rings (SSSR count). The first kappa shape index (κ1) is 10.6. The number of Topliss-reactive ketones (excluding diaryl/α,β-unsaturated/α-hetero) is 1. The summed E-state index contributed by atoms with van der Waals surface area (Å²) in [5.74, 6) is -1.19. The summed E-state index contributed by atoms with van der Waals surface area (Å²) < 4.78 is 0. The van der Waals surface area contributed by atoms with Gasteiger partial charge in [-0.1, -0.05) is 0 Å². The normalized spacial score (nSPS) is 12.9. The first-order chi connectivity index (χ1) is 5.45. The molecule has 0 aromatic carbocycles. The summed E-state index contributed by atoms with van der Waals surface area (Å²) in [6.07, 6.45) is 1.26. The van der Waals surface area contributed by atoms with Gasteiger partial charge in [0.25, 0.3) is 0 Å². The second kappa shape index (κ2) is 4.43. The summed E-state index contributed by atoms with van der Waals surface area (Å²) in [4.78, 5) is 24.5. The van der Waals surface area contributed by atoms with Crippen LogP contribution in [0.1, 0.15) is 20.8 Å².